The van der Waals surface area contributed by atoms with Gasteiger partial charge in [-0.15, -0.1) is 0 Å². The van der Waals surface area contributed by atoms with Crippen LogP contribution in [0.25, 0.3) is 21.9 Å². The summed E-state index contributed by atoms with van der Waals surface area (Å²) < 4.78 is 0. The normalized spacial score (nSPS) is 21.4. The lowest BCUT2D eigenvalue weighted by Crippen LogP contribution is -2.57. The van der Waals surface area contributed by atoms with E-state index in [0.29, 0.717) is 24.4 Å². The van der Waals surface area contributed by atoms with Crippen LogP contribution in [0.15, 0.2) is 65.9 Å². The van der Waals surface area contributed by atoms with Gasteiger partial charge in [-0.3, -0.25) is 24.5 Å². The first kappa shape index (κ1) is 25.4. The van der Waals surface area contributed by atoms with E-state index in [1.165, 1.54) is 0 Å². The number of hydrogen-bond acceptors (Lipinski definition) is 5. The zero-order valence-electron chi connectivity index (χ0n) is 23.4. The second-order valence-electron chi connectivity index (χ2n) is 12.4. The van der Waals surface area contributed by atoms with Crippen molar-refractivity contribution < 1.29 is 9.59 Å². The highest BCUT2D eigenvalue weighted by Crippen LogP contribution is 2.38. The molecule has 3 aromatic rings. The number of likely N-dealkylation sites (tertiary alicyclic amines) is 2. The van der Waals surface area contributed by atoms with Crippen LogP contribution in [0.1, 0.15) is 45.1 Å². The summed E-state index contributed by atoms with van der Waals surface area (Å²) in [5, 5.41) is 2.29. The van der Waals surface area contributed by atoms with Crippen molar-refractivity contribution in [3.05, 3.63) is 66.5 Å². The molecule has 3 aliphatic heterocycles. The summed E-state index contributed by atoms with van der Waals surface area (Å²) in [5.74, 6) is 1.79. The van der Waals surface area contributed by atoms with E-state index in [1.807, 2.05) is 28.3 Å². The number of benzene rings is 2. The molecule has 7 heteroatoms. The Morgan fingerprint density at radius 2 is 1.65 bits per heavy atom. The molecule has 1 aromatic heterocycles. The summed E-state index contributed by atoms with van der Waals surface area (Å²) in [4.78, 5) is 42.4. The molecule has 0 unspecified atom stereocenters. The van der Waals surface area contributed by atoms with E-state index < -0.39 is 5.54 Å². The van der Waals surface area contributed by atoms with Crippen molar-refractivity contribution in [2.24, 2.45) is 16.8 Å². The average molecular weight is 536 g/mol. The number of amides is 2. The van der Waals surface area contributed by atoms with Crippen LogP contribution in [0.3, 0.4) is 0 Å². The van der Waals surface area contributed by atoms with Crippen molar-refractivity contribution in [1.29, 1.82) is 0 Å². The Morgan fingerprint density at radius 1 is 0.950 bits per heavy atom. The lowest BCUT2D eigenvalue weighted by atomic mass is 9.87. The Morgan fingerprint density at radius 3 is 2.35 bits per heavy atom. The van der Waals surface area contributed by atoms with E-state index in [-0.39, 0.29) is 11.8 Å². The van der Waals surface area contributed by atoms with Gasteiger partial charge in [0.2, 0.25) is 5.91 Å². The van der Waals surface area contributed by atoms with Crippen LogP contribution < -0.4 is 0 Å². The second kappa shape index (κ2) is 9.81. The van der Waals surface area contributed by atoms with E-state index in [2.05, 4.69) is 66.2 Å². The molecular formula is C33H37N5O2. The molecule has 1 spiro atoms. The molecule has 1 aliphatic carbocycles. The summed E-state index contributed by atoms with van der Waals surface area (Å²) in [6.07, 6.45) is 7.28. The minimum atomic E-state index is -0.668. The number of amidine groups is 1. The fourth-order valence-electron chi connectivity index (χ4n) is 6.57. The van der Waals surface area contributed by atoms with Gasteiger partial charge in [-0.1, -0.05) is 36.4 Å². The number of fused-ring (bicyclic) bond motifs is 1. The van der Waals surface area contributed by atoms with Crippen molar-refractivity contribution in [3.63, 3.8) is 0 Å². The van der Waals surface area contributed by atoms with Crippen molar-refractivity contribution in [1.82, 2.24) is 19.7 Å². The molecule has 40 heavy (non-hydrogen) atoms. The molecule has 0 atom stereocenters. The van der Waals surface area contributed by atoms with Crippen LogP contribution in [0.2, 0.25) is 0 Å². The van der Waals surface area contributed by atoms with Gasteiger partial charge >= 0.3 is 0 Å². The largest absolute Gasteiger partial charge is 0.342 e. The van der Waals surface area contributed by atoms with E-state index in [1.54, 1.807) is 0 Å². The van der Waals surface area contributed by atoms with Crippen LogP contribution in [-0.2, 0) is 9.59 Å². The highest BCUT2D eigenvalue weighted by atomic mass is 16.2. The minimum absolute atomic E-state index is 0.144. The number of carbonyl (C=O) groups is 2. The fourth-order valence-corrected chi connectivity index (χ4v) is 6.57. The SMILES string of the molecule is CC(C)N1CCC2(CC1)N=C(c1ccc(-c3ccc4cnccc4c3)cc1)N(CC1CN(C(=O)C3CC3)C1)C2=O. The molecule has 0 bridgehead atoms. The van der Waals surface area contributed by atoms with Crippen molar-refractivity contribution in [3.8, 4) is 11.1 Å². The topological polar surface area (TPSA) is 69.1 Å². The smallest absolute Gasteiger partial charge is 0.256 e. The Labute approximate surface area is 235 Å². The molecule has 0 radical (unpaired) electrons. The number of nitrogens with zero attached hydrogens (tertiary/aromatic N) is 5. The van der Waals surface area contributed by atoms with Crippen molar-refractivity contribution >= 4 is 28.4 Å². The zero-order valence-corrected chi connectivity index (χ0v) is 23.4. The number of rotatable bonds is 6. The van der Waals surface area contributed by atoms with Gasteiger partial charge in [-0.2, -0.15) is 0 Å². The van der Waals surface area contributed by atoms with Crippen LogP contribution in [0, 0.1) is 11.8 Å². The number of aromatic nitrogens is 1. The van der Waals surface area contributed by atoms with E-state index in [0.717, 1.165) is 85.2 Å². The zero-order chi connectivity index (χ0) is 27.4. The molecular weight excluding hydrogens is 498 g/mol. The Bertz CT molecular complexity index is 1480. The first-order valence-electron chi connectivity index (χ1n) is 14.8. The number of pyridine rings is 1. The highest BCUT2D eigenvalue weighted by molar-refractivity contribution is 6.15. The molecule has 2 aromatic carbocycles. The van der Waals surface area contributed by atoms with Gasteiger partial charge in [0.25, 0.3) is 5.91 Å². The minimum Gasteiger partial charge on any atom is -0.342 e. The molecule has 3 fully saturated rings. The van der Waals surface area contributed by atoms with Gasteiger partial charge in [0.05, 0.1) is 0 Å². The maximum Gasteiger partial charge on any atom is 0.256 e. The van der Waals surface area contributed by atoms with Gasteiger partial charge in [-0.25, -0.2) is 0 Å². The van der Waals surface area contributed by atoms with Crippen molar-refractivity contribution in [2.45, 2.75) is 51.1 Å². The predicted molar refractivity (Wildman–Crippen MR) is 157 cm³/mol. The summed E-state index contributed by atoms with van der Waals surface area (Å²) in [5.41, 5.74) is 2.60. The van der Waals surface area contributed by atoms with E-state index in [9.17, 15) is 9.59 Å². The van der Waals surface area contributed by atoms with Crippen molar-refractivity contribution in [2.75, 3.05) is 32.7 Å². The van der Waals surface area contributed by atoms with Gasteiger partial charge in [0.15, 0.2) is 0 Å². The van der Waals surface area contributed by atoms with E-state index >= 15 is 0 Å². The molecule has 1 saturated carbocycles. The molecule has 2 saturated heterocycles. The molecule has 2 amide bonds. The maximum atomic E-state index is 14.1. The number of hydrogen-bond donors (Lipinski definition) is 0. The summed E-state index contributed by atoms with van der Waals surface area (Å²) in [6.45, 7) is 8.33. The fraction of sp³-hybridized carbons (Fsp3) is 0.455. The second-order valence-corrected chi connectivity index (χ2v) is 12.4. The number of aliphatic imine (C=N–C) groups is 1. The first-order valence-corrected chi connectivity index (χ1v) is 14.8. The van der Waals surface area contributed by atoms with Crippen LogP contribution >= 0.6 is 0 Å². The third-order valence-electron chi connectivity index (χ3n) is 9.33. The lowest BCUT2D eigenvalue weighted by Gasteiger charge is -2.42. The molecule has 206 valence electrons. The van der Waals surface area contributed by atoms with Gasteiger partial charge in [-0.05, 0) is 68.2 Å². The molecule has 4 heterocycles. The molecule has 4 aliphatic rings. The number of carbonyl (C=O) groups excluding carboxylic acids is 2. The lowest BCUT2D eigenvalue weighted by molar-refractivity contribution is -0.140. The standard InChI is InChI=1S/C33H37N5O2/c1-22(2)36-15-12-33(13-16-36)32(40)38(21-23-19-37(20-23)31(39)26-7-8-26)30(35-33)25-5-3-24(4-6-25)27-9-10-29-18-34-14-11-28(29)17-27/h3-6,9-11,14,17-18,22-23,26H,7-8,12-13,15-16,19-21H2,1-2H3. The van der Waals surface area contributed by atoms with Gasteiger partial charge < -0.3 is 9.80 Å². The Hall–Kier alpha value is -3.58. The predicted octanol–water partition coefficient (Wildman–Crippen LogP) is 4.60. The molecule has 0 N–H and O–H groups in total. The van der Waals surface area contributed by atoms with Crippen LogP contribution in [0.4, 0.5) is 0 Å². The Balaban J connectivity index is 1.14. The first-order chi connectivity index (χ1) is 19.4. The monoisotopic (exact) mass is 535 g/mol. The highest BCUT2D eigenvalue weighted by Gasteiger charge is 2.51. The van der Waals surface area contributed by atoms with Crippen LogP contribution in [-0.4, -0.2) is 81.6 Å². The molecule has 7 rings (SSSR count). The summed E-state index contributed by atoms with van der Waals surface area (Å²) >= 11 is 0. The van der Waals surface area contributed by atoms with Crippen LogP contribution in [0.5, 0.6) is 0 Å². The van der Waals surface area contributed by atoms with Gasteiger partial charge in [0.1, 0.15) is 11.4 Å². The quantitative estimate of drug-likeness (QED) is 0.463. The van der Waals surface area contributed by atoms with E-state index in [4.69, 9.17) is 4.99 Å². The third-order valence-corrected chi connectivity index (χ3v) is 9.33. The average Bonchev–Trinajstić information content (AvgIpc) is 3.77. The Kier molecular flexibility index (Phi) is 6.22. The number of piperidine rings is 1. The summed E-state index contributed by atoms with van der Waals surface area (Å²) in [6, 6.07) is 17.4. The summed E-state index contributed by atoms with van der Waals surface area (Å²) in [7, 11) is 0. The van der Waals surface area contributed by atoms with Gasteiger partial charge in [0, 0.05) is 73.9 Å². The molecule has 7 nitrogen and oxygen atoms in total. The maximum absolute atomic E-state index is 14.1. The third kappa shape index (κ3) is 4.50.